The van der Waals surface area contributed by atoms with E-state index in [1.54, 1.807) is 0 Å². The largest absolute Gasteiger partial charge is 0.326 e. The summed E-state index contributed by atoms with van der Waals surface area (Å²) in [5.41, 5.74) is 7.84. The normalized spacial score (nSPS) is 17.5. The molecule has 21 heavy (non-hydrogen) atoms. The second-order valence-electron chi connectivity index (χ2n) is 5.14. The molecular formula is C16H14F2N2O. The van der Waals surface area contributed by atoms with E-state index >= 15 is 0 Å². The number of carbonyl (C=O) groups is 1. The summed E-state index contributed by atoms with van der Waals surface area (Å²) < 4.78 is 26.3. The molecule has 108 valence electrons. The van der Waals surface area contributed by atoms with E-state index < -0.39 is 11.6 Å². The van der Waals surface area contributed by atoms with Gasteiger partial charge in [-0.2, -0.15) is 0 Å². The number of fused-ring (bicyclic) bond motifs is 1. The molecule has 0 radical (unpaired) electrons. The zero-order valence-electron chi connectivity index (χ0n) is 11.2. The summed E-state index contributed by atoms with van der Waals surface area (Å²) in [5, 5.41) is 0. The molecule has 0 fully saturated rings. The van der Waals surface area contributed by atoms with Crippen molar-refractivity contribution in [2.24, 2.45) is 5.73 Å². The monoisotopic (exact) mass is 288 g/mol. The summed E-state index contributed by atoms with van der Waals surface area (Å²) in [6.07, 6.45) is 0.692. The van der Waals surface area contributed by atoms with Gasteiger partial charge in [0, 0.05) is 23.8 Å². The second kappa shape index (κ2) is 5.26. The van der Waals surface area contributed by atoms with Gasteiger partial charge in [0.15, 0.2) is 11.6 Å². The third-order valence-corrected chi connectivity index (χ3v) is 3.59. The maximum atomic E-state index is 13.3. The summed E-state index contributed by atoms with van der Waals surface area (Å²) in [4.78, 5) is 14.1. The number of anilines is 1. The number of nitrogens with zero attached hydrogens (tertiary/aromatic N) is 1. The summed E-state index contributed by atoms with van der Waals surface area (Å²) in [6.45, 7) is 0.356. The minimum Gasteiger partial charge on any atom is -0.326 e. The highest BCUT2D eigenvalue weighted by molar-refractivity contribution is 6.06. The first-order chi connectivity index (χ1) is 10.1. The lowest BCUT2D eigenvalue weighted by Crippen LogP contribution is -2.46. The van der Waals surface area contributed by atoms with Crippen molar-refractivity contribution in [2.45, 2.75) is 12.5 Å². The van der Waals surface area contributed by atoms with E-state index in [1.165, 1.54) is 11.0 Å². The van der Waals surface area contributed by atoms with Crippen molar-refractivity contribution in [1.29, 1.82) is 0 Å². The fourth-order valence-corrected chi connectivity index (χ4v) is 2.60. The minimum absolute atomic E-state index is 0.109. The molecule has 1 amide bonds. The maximum Gasteiger partial charge on any atom is 0.258 e. The number of nitrogens with two attached hydrogens (primary N) is 1. The molecule has 0 saturated heterocycles. The lowest BCUT2D eigenvalue weighted by Gasteiger charge is -2.33. The van der Waals surface area contributed by atoms with E-state index in [9.17, 15) is 13.6 Å². The van der Waals surface area contributed by atoms with E-state index in [0.717, 1.165) is 23.4 Å². The van der Waals surface area contributed by atoms with Crippen LogP contribution in [0.15, 0.2) is 42.5 Å². The zero-order chi connectivity index (χ0) is 15.0. The summed E-state index contributed by atoms with van der Waals surface area (Å²) in [7, 11) is 0. The molecule has 0 aromatic heterocycles. The van der Waals surface area contributed by atoms with Gasteiger partial charge in [0.25, 0.3) is 5.91 Å². The Balaban J connectivity index is 1.99. The van der Waals surface area contributed by atoms with Crippen LogP contribution in [0.3, 0.4) is 0 Å². The highest BCUT2D eigenvalue weighted by atomic mass is 19.2. The van der Waals surface area contributed by atoms with Crippen molar-refractivity contribution in [1.82, 2.24) is 0 Å². The van der Waals surface area contributed by atoms with Crippen molar-refractivity contribution >= 4 is 11.6 Å². The van der Waals surface area contributed by atoms with Crippen LogP contribution in [0.1, 0.15) is 15.9 Å². The Hall–Kier alpha value is -2.27. The smallest absolute Gasteiger partial charge is 0.258 e. The van der Waals surface area contributed by atoms with Crippen LogP contribution in [-0.2, 0) is 6.42 Å². The Bertz CT molecular complexity index is 702. The van der Waals surface area contributed by atoms with Crippen molar-refractivity contribution in [3.63, 3.8) is 0 Å². The van der Waals surface area contributed by atoms with E-state index in [1.807, 2.05) is 24.3 Å². The fourth-order valence-electron chi connectivity index (χ4n) is 2.60. The number of rotatable bonds is 1. The molecule has 1 atom stereocenters. The van der Waals surface area contributed by atoms with E-state index in [-0.39, 0.29) is 17.5 Å². The van der Waals surface area contributed by atoms with Crippen LogP contribution in [0.2, 0.25) is 0 Å². The number of amides is 1. The fraction of sp³-hybridized carbons (Fsp3) is 0.188. The molecule has 3 nitrogen and oxygen atoms in total. The van der Waals surface area contributed by atoms with Gasteiger partial charge in [-0.1, -0.05) is 18.2 Å². The Morgan fingerprint density at radius 3 is 2.67 bits per heavy atom. The first kappa shape index (κ1) is 13.7. The number of benzene rings is 2. The topological polar surface area (TPSA) is 46.3 Å². The van der Waals surface area contributed by atoms with Crippen molar-refractivity contribution < 1.29 is 13.6 Å². The summed E-state index contributed by atoms with van der Waals surface area (Å²) in [6, 6.07) is 10.5. The molecule has 1 aliphatic rings. The molecule has 0 bridgehead atoms. The van der Waals surface area contributed by atoms with Gasteiger partial charge in [-0.3, -0.25) is 4.79 Å². The van der Waals surface area contributed by atoms with Crippen LogP contribution >= 0.6 is 0 Å². The van der Waals surface area contributed by atoms with Crippen molar-refractivity contribution in [2.75, 3.05) is 11.4 Å². The quantitative estimate of drug-likeness (QED) is 0.876. The van der Waals surface area contributed by atoms with E-state index in [0.29, 0.717) is 13.0 Å². The average Bonchev–Trinajstić information content (AvgIpc) is 2.48. The maximum absolute atomic E-state index is 13.3. The summed E-state index contributed by atoms with van der Waals surface area (Å²) in [5.74, 6) is -2.38. The highest BCUT2D eigenvalue weighted by Crippen LogP contribution is 2.28. The van der Waals surface area contributed by atoms with Crippen LogP contribution in [-0.4, -0.2) is 18.5 Å². The molecule has 2 aromatic rings. The number of hydrogen-bond acceptors (Lipinski definition) is 2. The molecule has 0 aliphatic carbocycles. The van der Waals surface area contributed by atoms with Gasteiger partial charge in [0.2, 0.25) is 0 Å². The van der Waals surface area contributed by atoms with Crippen LogP contribution in [0.5, 0.6) is 0 Å². The second-order valence-corrected chi connectivity index (χ2v) is 5.14. The molecule has 2 aromatic carbocycles. The van der Waals surface area contributed by atoms with Crippen LogP contribution in [0.4, 0.5) is 14.5 Å². The van der Waals surface area contributed by atoms with Gasteiger partial charge in [-0.05, 0) is 36.2 Å². The highest BCUT2D eigenvalue weighted by Gasteiger charge is 2.27. The lowest BCUT2D eigenvalue weighted by atomic mass is 9.97. The lowest BCUT2D eigenvalue weighted by molar-refractivity contribution is 0.0983. The van der Waals surface area contributed by atoms with E-state index in [4.69, 9.17) is 5.73 Å². The standard InChI is InChI=1S/C16H14F2N2O/c17-13-6-5-11(8-14(13)18)16(21)20-9-12(19)7-10-3-1-2-4-15(10)20/h1-6,8,12H,7,9,19H2. The van der Waals surface area contributed by atoms with Crippen LogP contribution in [0, 0.1) is 11.6 Å². The number of para-hydroxylation sites is 1. The van der Waals surface area contributed by atoms with Crippen LogP contribution in [0.25, 0.3) is 0 Å². The first-order valence-corrected chi connectivity index (χ1v) is 6.66. The molecule has 1 heterocycles. The third kappa shape index (κ3) is 2.52. The Morgan fingerprint density at radius 2 is 1.90 bits per heavy atom. The SMILES string of the molecule is NC1Cc2ccccc2N(C(=O)c2ccc(F)c(F)c2)C1. The van der Waals surface area contributed by atoms with Gasteiger partial charge in [0.1, 0.15) is 0 Å². The number of carbonyl (C=O) groups excluding carboxylic acids is 1. The molecular weight excluding hydrogens is 274 g/mol. The van der Waals surface area contributed by atoms with Gasteiger partial charge < -0.3 is 10.6 Å². The third-order valence-electron chi connectivity index (χ3n) is 3.59. The average molecular weight is 288 g/mol. The van der Waals surface area contributed by atoms with E-state index in [2.05, 4.69) is 0 Å². The molecule has 2 N–H and O–H groups in total. The minimum atomic E-state index is -1.03. The first-order valence-electron chi connectivity index (χ1n) is 6.66. The van der Waals surface area contributed by atoms with Gasteiger partial charge in [-0.15, -0.1) is 0 Å². The Kier molecular flexibility index (Phi) is 3.43. The molecule has 0 saturated carbocycles. The Morgan fingerprint density at radius 1 is 1.14 bits per heavy atom. The Labute approximate surface area is 121 Å². The number of hydrogen-bond donors (Lipinski definition) is 1. The number of halogens is 2. The van der Waals surface area contributed by atoms with Gasteiger partial charge in [0.05, 0.1) is 0 Å². The predicted octanol–water partition coefficient (Wildman–Crippen LogP) is 2.50. The molecule has 1 aliphatic heterocycles. The summed E-state index contributed by atoms with van der Waals surface area (Å²) >= 11 is 0. The molecule has 0 spiro atoms. The van der Waals surface area contributed by atoms with Gasteiger partial charge in [-0.25, -0.2) is 8.78 Å². The molecule has 1 unspecified atom stereocenters. The van der Waals surface area contributed by atoms with Crippen LogP contribution < -0.4 is 10.6 Å². The van der Waals surface area contributed by atoms with Crippen molar-refractivity contribution in [3.05, 3.63) is 65.2 Å². The molecule has 5 heteroatoms. The zero-order valence-corrected chi connectivity index (χ0v) is 11.2. The van der Waals surface area contributed by atoms with Gasteiger partial charge >= 0.3 is 0 Å². The predicted molar refractivity (Wildman–Crippen MR) is 76.2 cm³/mol. The van der Waals surface area contributed by atoms with Crippen molar-refractivity contribution in [3.8, 4) is 0 Å². The molecule has 3 rings (SSSR count).